The average molecular weight is 339 g/mol. The zero-order valence-electron chi connectivity index (χ0n) is 14.3. The first-order chi connectivity index (χ1) is 12.6. The molecule has 4 rings (SSSR count). The van der Waals surface area contributed by atoms with Gasteiger partial charge in [0.1, 0.15) is 0 Å². The van der Waals surface area contributed by atoms with Crippen LogP contribution in [0.15, 0.2) is 83.7 Å². The molecule has 3 nitrogen and oxygen atoms in total. The summed E-state index contributed by atoms with van der Waals surface area (Å²) in [7, 11) is 0. The lowest BCUT2D eigenvalue weighted by molar-refractivity contribution is 0.103. The number of H-pyrrole nitrogens is 1. The molecule has 0 saturated carbocycles. The number of rotatable bonds is 3. The molecule has 1 N–H and O–H groups in total. The summed E-state index contributed by atoms with van der Waals surface area (Å²) in [5, 5.41) is 0.516. The van der Waals surface area contributed by atoms with Crippen LogP contribution in [0.5, 0.6) is 0 Å². The van der Waals surface area contributed by atoms with Crippen LogP contribution in [0.25, 0.3) is 22.2 Å². The van der Waals surface area contributed by atoms with Crippen LogP contribution in [0, 0.1) is 6.92 Å². The van der Waals surface area contributed by atoms with Gasteiger partial charge in [0.2, 0.25) is 5.43 Å². The van der Waals surface area contributed by atoms with Crippen LogP contribution >= 0.6 is 0 Å². The van der Waals surface area contributed by atoms with Crippen LogP contribution in [0.1, 0.15) is 21.5 Å². The Morgan fingerprint density at radius 2 is 1.46 bits per heavy atom. The zero-order valence-corrected chi connectivity index (χ0v) is 14.3. The van der Waals surface area contributed by atoms with E-state index in [9.17, 15) is 9.59 Å². The van der Waals surface area contributed by atoms with Crippen molar-refractivity contribution < 1.29 is 4.79 Å². The molecule has 0 fully saturated rings. The van der Waals surface area contributed by atoms with Crippen molar-refractivity contribution in [1.82, 2.24) is 4.98 Å². The normalized spacial score (nSPS) is 10.8. The number of carbonyl (C=O) groups excluding carboxylic acids is 1. The second-order valence-corrected chi connectivity index (χ2v) is 6.31. The molecule has 26 heavy (non-hydrogen) atoms. The lowest BCUT2D eigenvalue weighted by Crippen LogP contribution is -2.19. The van der Waals surface area contributed by atoms with Crippen molar-refractivity contribution in [3.8, 4) is 11.3 Å². The molecule has 3 aromatic carbocycles. The molecule has 0 radical (unpaired) electrons. The summed E-state index contributed by atoms with van der Waals surface area (Å²) < 4.78 is 0. The summed E-state index contributed by atoms with van der Waals surface area (Å²) in [4.78, 5) is 29.6. The lowest BCUT2D eigenvalue weighted by atomic mass is 9.95. The Hall–Kier alpha value is -3.46. The highest BCUT2D eigenvalue weighted by Crippen LogP contribution is 2.25. The highest BCUT2D eigenvalue weighted by atomic mass is 16.1. The van der Waals surface area contributed by atoms with Crippen LogP contribution in [0.3, 0.4) is 0 Å². The van der Waals surface area contributed by atoms with E-state index in [1.165, 1.54) is 0 Å². The molecule has 0 saturated heterocycles. The molecule has 3 heteroatoms. The standard InChI is InChI=1S/C23H17NO2/c1-15-11-13-16(14-12-15)21-20(22(25)17-7-3-2-4-8-17)23(26)18-9-5-6-10-19(18)24-21/h2-14H,1H3,(H,24,26). The van der Waals surface area contributed by atoms with Gasteiger partial charge in [-0.25, -0.2) is 0 Å². The average Bonchev–Trinajstić information content (AvgIpc) is 2.69. The van der Waals surface area contributed by atoms with E-state index in [0.29, 0.717) is 16.6 Å². The maximum atomic E-state index is 13.2. The maximum absolute atomic E-state index is 13.2. The van der Waals surface area contributed by atoms with E-state index in [1.807, 2.05) is 49.4 Å². The second kappa shape index (κ2) is 6.45. The molecular weight excluding hydrogens is 322 g/mol. The minimum atomic E-state index is -0.270. The van der Waals surface area contributed by atoms with E-state index in [4.69, 9.17) is 0 Å². The summed E-state index contributed by atoms with van der Waals surface area (Å²) in [5.74, 6) is -0.270. The van der Waals surface area contributed by atoms with Gasteiger partial charge in [0.25, 0.3) is 0 Å². The lowest BCUT2D eigenvalue weighted by Gasteiger charge is -2.11. The van der Waals surface area contributed by atoms with Crippen molar-refractivity contribution in [3.05, 3.63) is 106 Å². The smallest absolute Gasteiger partial charge is 0.201 e. The Kier molecular flexibility index (Phi) is 3.98. The quantitative estimate of drug-likeness (QED) is 0.548. The van der Waals surface area contributed by atoms with Gasteiger partial charge in [-0.05, 0) is 24.6 Å². The van der Waals surface area contributed by atoms with Gasteiger partial charge in [0.05, 0.1) is 11.3 Å². The van der Waals surface area contributed by atoms with Gasteiger partial charge < -0.3 is 4.98 Å². The number of aromatic nitrogens is 1. The highest BCUT2D eigenvalue weighted by Gasteiger charge is 2.21. The van der Waals surface area contributed by atoms with Crippen LogP contribution in [-0.4, -0.2) is 10.8 Å². The van der Waals surface area contributed by atoms with Gasteiger partial charge in [-0.1, -0.05) is 72.3 Å². The Bertz CT molecular complexity index is 1160. The number of pyridine rings is 1. The van der Waals surface area contributed by atoms with Crippen LogP contribution in [0.2, 0.25) is 0 Å². The number of ketones is 1. The Morgan fingerprint density at radius 1 is 0.808 bits per heavy atom. The highest BCUT2D eigenvalue weighted by molar-refractivity contribution is 6.13. The fraction of sp³-hybridized carbons (Fsp3) is 0.0435. The molecule has 0 atom stereocenters. The van der Waals surface area contributed by atoms with Crippen molar-refractivity contribution in [2.24, 2.45) is 0 Å². The van der Waals surface area contributed by atoms with Gasteiger partial charge in [-0.3, -0.25) is 9.59 Å². The summed E-state index contributed by atoms with van der Waals surface area (Å²) in [6, 6.07) is 24.0. The number of aromatic amines is 1. The molecule has 0 amide bonds. The Balaban J connectivity index is 2.04. The predicted octanol–water partition coefficient (Wildman–Crippen LogP) is 4.73. The Labute approximate surface area is 150 Å². The van der Waals surface area contributed by atoms with E-state index in [2.05, 4.69) is 4.98 Å². The van der Waals surface area contributed by atoms with E-state index >= 15 is 0 Å². The molecule has 1 aromatic heterocycles. The SMILES string of the molecule is Cc1ccc(-c2[nH]c3ccccc3c(=O)c2C(=O)c2ccccc2)cc1. The summed E-state index contributed by atoms with van der Waals surface area (Å²) in [5.41, 5.74) is 3.65. The molecule has 0 bridgehead atoms. The number of carbonyl (C=O) groups is 1. The molecule has 126 valence electrons. The molecule has 4 aromatic rings. The number of hydrogen-bond acceptors (Lipinski definition) is 2. The number of fused-ring (bicyclic) bond motifs is 1. The fourth-order valence-electron chi connectivity index (χ4n) is 3.12. The molecule has 0 aliphatic heterocycles. The van der Waals surface area contributed by atoms with Gasteiger partial charge in [0, 0.05) is 16.5 Å². The van der Waals surface area contributed by atoms with Crippen molar-refractivity contribution in [2.45, 2.75) is 6.92 Å². The summed E-state index contributed by atoms with van der Waals surface area (Å²) in [6.45, 7) is 2.00. The largest absolute Gasteiger partial charge is 0.354 e. The second-order valence-electron chi connectivity index (χ2n) is 6.31. The minimum Gasteiger partial charge on any atom is -0.354 e. The number of hydrogen-bond donors (Lipinski definition) is 1. The third-order valence-corrected chi connectivity index (χ3v) is 4.51. The molecule has 1 heterocycles. The first-order valence-electron chi connectivity index (χ1n) is 8.47. The third kappa shape index (κ3) is 2.74. The first kappa shape index (κ1) is 16.0. The first-order valence-corrected chi connectivity index (χ1v) is 8.47. The zero-order chi connectivity index (χ0) is 18.1. The van der Waals surface area contributed by atoms with Gasteiger partial charge >= 0.3 is 0 Å². The summed E-state index contributed by atoms with van der Waals surface area (Å²) in [6.07, 6.45) is 0. The van der Waals surface area contributed by atoms with Crippen molar-refractivity contribution in [1.29, 1.82) is 0 Å². The van der Waals surface area contributed by atoms with E-state index in [0.717, 1.165) is 16.6 Å². The van der Waals surface area contributed by atoms with Crippen molar-refractivity contribution in [3.63, 3.8) is 0 Å². The Morgan fingerprint density at radius 3 is 2.19 bits per heavy atom. The molecule has 0 aliphatic rings. The number of benzene rings is 3. The topological polar surface area (TPSA) is 49.9 Å². The van der Waals surface area contributed by atoms with Gasteiger partial charge in [-0.15, -0.1) is 0 Å². The van der Waals surface area contributed by atoms with Crippen LogP contribution in [-0.2, 0) is 0 Å². The number of para-hydroxylation sites is 1. The molecule has 0 aliphatic carbocycles. The third-order valence-electron chi connectivity index (χ3n) is 4.51. The summed E-state index contributed by atoms with van der Waals surface area (Å²) >= 11 is 0. The molecular formula is C23H17NO2. The van der Waals surface area contributed by atoms with E-state index < -0.39 is 0 Å². The monoisotopic (exact) mass is 339 g/mol. The van der Waals surface area contributed by atoms with Gasteiger partial charge in [-0.2, -0.15) is 0 Å². The predicted molar refractivity (Wildman–Crippen MR) is 105 cm³/mol. The van der Waals surface area contributed by atoms with E-state index in [1.54, 1.807) is 36.4 Å². The van der Waals surface area contributed by atoms with Crippen LogP contribution < -0.4 is 5.43 Å². The molecule has 0 unspecified atom stereocenters. The van der Waals surface area contributed by atoms with Crippen LogP contribution in [0.4, 0.5) is 0 Å². The maximum Gasteiger partial charge on any atom is 0.201 e. The molecule has 0 spiro atoms. The van der Waals surface area contributed by atoms with E-state index in [-0.39, 0.29) is 16.8 Å². The number of aryl methyl sites for hydroxylation is 1. The minimum absolute atomic E-state index is 0.179. The number of nitrogens with one attached hydrogen (secondary N) is 1. The van der Waals surface area contributed by atoms with Crippen molar-refractivity contribution >= 4 is 16.7 Å². The fourth-order valence-corrected chi connectivity index (χ4v) is 3.12. The van der Waals surface area contributed by atoms with Crippen molar-refractivity contribution in [2.75, 3.05) is 0 Å². The van der Waals surface area contributed by atoms with Gasteiger partial charge in [0.15, 0.2) is 5.78 Å².